The zero-order valence-electron chi connectivity index (χ0n) is 13.3. The lowest BCUT2D eigenvalue weighted by molar-refractivity contribution is 0.601. The Morgan fingerprint density at radius 2 is 1.95 bits per heavy atom. The minimum absolute atomic E-state index is 0.837. The molecule has 1 heterocycles. The quantitative estimate of drug-likeness (QED) is 0.793. The number of aryl methyl sites for hydroxylation is 2. The van der Waals surface area contributed by atoms with E-state index in [0.29, 0.717) is 0 Å². The number of benzene rings is 1. The molecule has 0 spiro atoms. The lowest BCUT2D eigenvalue weighted by Crippen LogP contribution is -2.26. The molecule has 0 aliphatic carbocycles. The molecule has 0 bridgehead atoms. The van der Waals surface area contributed by atoms with Crippen LogP contribution in [0.3, 0.4) is 0 Å². The summed E-state index contributed by atoms with van der Waals surface area (Å²) in [5, 5.41) is 4.64. The lowest BCUT2D eigenvalue weighted by Gasteiger charge is -2.26. The maximum atomic E-state index is 6.14. The van der Waals surface area contributed by atoms with Crippen molar-refractivity contribution in [2.24, 2.45) is 0 Å². The van der Waals surface area contributed by atoms with Crippen molar-refractivity contribution in [3.05, 3.63) is 41.7 Å². The maximum Gasteiger partial charge on any atom is 0.0625 e. The number of nitrogen functional groups attached to an aromatic ring is 1. The van der Waals surface area contributed by atoms with E-state index < -0.39 is 0 Å². The van der Waals surface area contributed by atoms with Gasteiger partial charge in [0.1, 0.15) is 0 Å². The monoisotopic (exact) mass is 286 g/mol. The van der Waals surface area contributed by atoms with Crippen LogP contribution in [0.5, 0.6) is 0 Å². The predicted molar refractivity (Wildman–Crippen MR) is 89.5 cm³/mol. The first-order chi connectivity index (χ1) is 10.2. The van der Waals surface area contributed by atoms with E-state index in [1.165, 1.54) is 5.69 Å². The van der Waals surface area contributed by atoms with Crippen molar-refractivity contribution in [3.8, 4) is 0 Å². The topological polar surface area (TPSA) is 47.1 Å². The molecule has 0 saturated heterocycles. The molecular formula is C17H26N4. The van der Waals surface area contributed by atoms with E-state index in [1.54, 1.807) is 0 Å². The third-order valence-electron chi connectivity index (χ3n) is 3.70. The summed E-state index contributed by atoms with van der Waals surface area (Å²) in [5.41, 5.74) is 10.5. The van der Waals surface area contributed by atoms with Gasteiger partial charge in [0.2, 0.25) is 0 Å². The Labute approximate surface area is 127 Å². The first kappa shape index (κ1) is 15.4. The second-order valence-corrected chi connectivity index (χ2v) is 5.28. The molecule has 0 fully saturated rings. The summed E-state index contributed by atoms with van der Waals surface area (Å²) in [7, 11) is 0. The molecule has 0 atom stereocenters. The van der Waals surface area contributed by atoms with Gasteiger partial charge in [-0.15, -0.1) is 0 Å². The third-order valence-corrected chi connectivity index (χ3v) is 3.70. The van der Waals surface area contributed by atoms with Gasteiger partial charge in [0.05, 0.1) is 29.3 Å². The van der Waals surface area contributed by atoms with E-state index in [-0.39, 0.29) is 0 Å². The van der Waals surface area contributed by atoms with Crippen LogP contribution in [0.2, 0.25) is 0 Å². The van der Waals surface area contributed by atoms with Gasteiger partial charge in [-0.25, -0.2) is 0 Å². The molecular weight excluding hydrogens is 260 g/mol. The van der Waals surface area contributed by atoms with Crippen LogP contribution in [0.1, 0.15) is 38.6 Å². The van der Waals surface area contributed by atoms with Crippen LogP contribution in [0.15, 0.2) is 30.3 Å². The highest BCUT2D eigenvalue weighted by Crippen LogP contribution is 2.24. The summed E-state index contributed by atoms with van der Waals surface area (Å²) >= 11 is 0. The van der Waals surface area contributed by atoms with Crippen LogP contribution >= 0.6 is 0 Å². The zero-order valence-corrected chi connectivity index (χ0v) is 13.3. The second kappa shape index (κ2) is 7.16. The Morgan fingerprint density at radius 1 is 1.19 bits per heavy atom. The van der Waals surface area contributed by atoms with Gasteiger partial charge < -0.3 is 10.6 Å². The molecule has 2 aromatic rings. The fourth-order valence-electron chi connectivity index (χ4n) is 2.61. The van der Waals surface area contributed by atoms with Gasteiger partial charge in [-0.3, -0.25) is 4.68 Å². The van der Waals surface area contributed by atoms with E-state index in [0.717, 1.165) is 49.5 Å². The zero-order chi connectivity index (χ0) is 15.2. The number of hydrogen-bond acceptors (Lipinski definition) is 3. The van der Waals surface area contributed by atoms with Crippen LogP contribution in [0, 0.1) is 0 Å². The van der Waals surface area contributed by atoms with Crippen LogP contribution in [0.25, 0.3) is 0 Å². The molecule has 0 saturated carbocycles. The van der Waals surface area contributed by atoms with Crippen molar-refractivity contribution in [2.75, 3.05) is 17.2 Å². The molecule has 1 aromatic heterocycles. The van der Waals surface area contributed by atoms with Crippen molar-refractivity contribution in [1.82, 2.24) is 9.78 Å². The number of rotatable bonds is 7. The average molecular weight is 286 g/mol. The molecule has 2 rings (SSSR count). The number of para-hydroxylation sites is 2. The Morgan fingerprint density at radius 3 is 2.57 bits per heavy atom. The standard InChI is InChI=1S/C17H26N4/c1-4-11-20(17-10-8-7-9-16(17)18)13-15-12-14(5-2)19-21(15)6-3/h7-10,12H,4-6,11,13,18H2,1-3H3. The van der Waals surface area contributed by atoms with Gasteiger partial charge in [0.15, 0.2) is 0 Å². The number of hydrogen-bond donors (Lipinski definition) is 1. The van der Waals surface area contributed by atoms with Crippen LogP contribution in [0.4, 0.5) is 11.4 Å². The highest BCUT2D eigenvalue weighted by atomic mass is 15.3. The summed E-state index contributed by atoms with van der Waals surface area (Å²) in [6, 6.07) is 10.3. The average Bonchev–Trinajstić information content (AvgIpc) is 2.89. The Hall–Kier alpha value is -1.97. The first-order valence-electron chi connectivity index (χ1n) is 7.84. The number of nitrogens with two attached hydrogens (primary N) is 1. The van der Waals surface area contributed by atoms with Gasteiger partial charge in [-0.2, -0.15) is 5.10 Å². The van der Waals surface area contributed by atoms with Crippen molar-refractivity contribution >= 4 is 11.4 Å². The van der Waals surface area contributed by atoms with E-state index >= 15 is 0 Å². The summed E-state index contributed by atoms with van der Waals surface area (Å²) in [6.45, 7) is 9.22. The molecule has 0 unspecified atom stereocenters. The van der Waals surface area contributed by atoms with E-state index in [2.05, 4.69) is 47.6 Å². The van der Waals surface area contributed by atoms with E-state index in [9.17, 15) is 0 Å². The highest BCUT2D eigenvalue weighted by molar-refractivity contribution is 5.67. The van der Waals surface area contributed by atoms with Gasteiger partial charge in [-0.05, 0) is 38.0 Å². The predicted octanol–water partition coefficient (Wildman–Crippen LogP) is 3.46. The van der Waals surface area contributed by atoms with Crippen LogP contribution in [-0.2, 0) is 19.5 Å². The van der Waals surface area contributed by atoms with Crippen LogP contribution < -0.4 is 10.6 Å². The molecule has 0 radical (unpaired) electrons. The van der Waals surface area contributed by atoms with Gasteiger partial charge >= 0.3 is 0 Å². The number of anilines is 2. The lowest BCUT2D eigenvalue weighted by atomic mass is 10.2. The van der Waals surface area contributed by atoms with Gasteiger partial charge in [0, 0.05) is 13.1 Å². The largest absolute Gasteiger partial charge is 0.397 e. The molecule has 21 heavy (non-hydrogen) atoms. The Bertz CT molecular complexity index is 574. The highest BCUT2D eigenvalue weighted by Gasteiger charge is 2.13. The van der Waals surface area contributed by atoms with E-state index in [1.807, 2.05) is 18.2 Å². The molecule has 0 aliphatic heterocycles. The smallest absolute Gasteiger partial charge is 0.0625 e. The summed E-state index contributed by atoms with van der Waals surface area (Å²) < 4.78 is 2.10. The van der Waals surface area contributed by atoms with Crippen molar-refractivity contribution in [3.63, 3.8) is 0 Å². The second-order valence-electron chi connectivity index (χ2n) is 5.28. The molecule has 0 aliphatic rings. The summed E-state index contributed by atoms with van der Waals surface area (Å²) in [6.07, 6.45) is 2.07. The summed E-state index contributed by atoms with van der Waals surface area (Å²) in [5.74, 6) is 0. The number of aromatic nitrogens is 2. The molecule has 4 nitrogen and oxygen atoms in total. The van der Waals surface area contributed by atoms with Crippen molar-refractivity contribution in [2.45, 2.75) is 46.7 Å². The van der Waals surface area contributed by atoms with Gasteiger partial charge in [0.25, 0.3) is 0 Å². The minimum Gasteiger partial charge on any atom is -0.397 e. The minimum atomic E-state index is 0.837. The fourth-order valence-corrected chi connectivity index (χ4v) is 2.61. The van der Waals surface area contributed by atoms with Crippen molar-refractivity contribution < 1.29 is 0 Å². The Balaban J connectivity index is 2.28. The fraction of sp³-hybridized carbons (Fsp3) is 0.471. The molecule has 4 heteroatoms. The molecule has 2 N–H and O–H groups in total. The van der Waals surface area contributed by atoms with Crippen LogP contribution in [-0.4, -0.2) is 16.3 Å². The Kier molecular flexibility index (Phi) is 5.26. The van der Waals surface area contributed by atoms with Gasteiger partial charge in [-0.1, -0.05) is 26.0 Å². The third kappa shape index (κ3) is 3.57. The normalized spacial score (nSPS) is 10.8. The maximum absolute atomic E-state index is 6.14. The molecule has 114 valence electrons. The SMILES string of the molecule is CCCN(Cc1cc(CC)nn1CC)c1ccccc1N. The van der Waals surface area contributed by atoms with Crippen molar-refractivity contribution in [1.29, 1.82) is 0 Å². The molecule has 0 amide bonds. The van der Waals surface area contributed by atoms with E-state index in [4.69, 9.17) is 5.73 Å². The molecule has 1 aromatic carbocycles. The first-order valence-corrected chi connectivity index (χ1v) is 7.84. The summed E-state index contributed by atoms with van der Waals surface area (Å²) in [4.78, 5) is 2.35. The number of nitrogens with zero attached hydrogens (tertiary/aromatic N) is 3.